The molecule has 0 saturated carbocycles. The van der Waals surface area contributed by atoms with E-state index in [0.717, 1.165) is 17.8 Å². The fourth-order valence-electron chi connectivity index (χ4n) is 4.77. The number of rotatable bonds is 11. The van der Waals surface area contributed by atoms with Crippen LogP contribution in [0.4, 0.5) is 0 Å². The van der Waals surface area contributed by atoms with E-state index in [1.54, 1.807) is 18.2 Å². The number of para-hydroxylation sites is 1. The van der Waals surface area contributed by atoms with Crippen LogP contribution >= 0.6 is 0 Å². The lowest BCUT2D eigenvalue weighted by molar-refractivity contribution is -0.132. The van der Waals surface area contributed by atoms with Crippen molar-refractivity contribution in [3.05, 3.63) is 72.3 Å². The minimum Gasteiger partial charge on any atom is -0.493 e. The number of aryl methyl sites for hydroxylation is 1. The van der Waals surface area contributed by atoms with Crippen LogP contribution in [0.3, 0.4) is 0 Å². The summed E-state index contributed by atoms with van der Waals surface area (Å²) in [7, 11) is 1.63. The molecule has 0 aliphatic carbocycles. The van der Waals surface area contributed by atoms with Gasteiger partial charge in [0.2, 0.25) is 5.91 Å². The minimum atomic E-state index is -1.22. The molecule has 3 aromatic rings. The highest BCUT2D eigenvalue weighted by atomic mass is 16.5. The van der Waals surface area contributed by atoms with Crippen LogP contribution in [0.2, 0.25) is 0 Å². The lowest BCUT2D eigenvalue weighted by atomic mass is 10.0. The van der Waals surface area contributed by atoms with Gasteiger partial charge < -0.3 is 28.8 Å². The molecule has 4 rings (SSSR count). The topological polar surface area (TPSA) is 89.3 Å². The molecule has 204 valence electrons. The summed E-state index contributed by atoms with van der Waals surface area (Å²) in [4.78, 5) is 20.4. The maximum absolute atomic E-state index is 12.2. The van der Waals surface area contributed by atoms with Crippen molar-refractivity contribution in [1.82, 2.24) is 19.4 Å². The maximum atomic E-state index is 12.2. The summed E-state index contributed by atoms with van der Waals surface area (Å²) >= 11 is 0. The largest absolute Gasteiger partial charge is 0.493 e. The average Bonchev–Trinajstić information content (AvgIpc) is 3.30. The van der Waals surface area contributed by atoms with Crippen LogP contribution in [-0.4, -0.2) is 82.5 Å². The van der Waals surface area contributed by atoms with Gasteiger partial charge >= 0.3 is 0 Å². The number of imidazole rings is 1. The number of hydrogen-bond acceptors (Lipinski definition) is 7. The summed E-state index contributed by atoms with van der Waals surface area (Å²) in [6.45, 7) is 7.22. The third kappa shape index (κ3) is 7.26. The number of carbonyl (C=O) groups is 1. The molecule has 1 saturated heterocycles. The van der Waals surface area contributed by atoms with Crippen LogP contribution in [0.1, 0.15) is 25.2 Å². The van der Waals surface area contributed by atoms with E-state index in [4.69, 9.17) is 14.2 Å². The minimum absolute atomic E-state index is 0.0609. The number of hydrogen-bond donors (Lipinski definition) is 1. The Morgan fingerprint density at radius 2 is 1.89 bits per heavy atom. The van der Waals surface area contributed by atoms with Crippen LogP contribution in [-0.2, 0) is 24.3 Å². The van der Waals surface area contributed by atoms with Crippen molar-refractivity contribution in [3.63, 3.8) is 0 Å². The lowest BCUT2D eigenvalue weighted by Gasteiger charge is -2.32. The zero-order valence-electron chi connectivity index (χ0n) is 22.5. The van der Waals surface area contributed by atoms with E-state index < -0.39 is 5.60 Å². The second kappa shape index (κ2) is 12.8. The van der Waals surface area contributed by atoms with Gasteiger partial charge in [0.25, 0.3) is 0 Å². The lowest BCUT2D eigenvalue weighted by Crippen LogP contribution is -2.51. The molecule has 2 aromatic carbocycles. The molecule has 1 amide bonds. The molecule has 2 heterocycles. The van der Waals surface area contributed by atoms with Crippen LogP contribution in [0.5, 0.6) is 17.2 Å². The van der Waals surface area contributed by atoms with Crippen molar-refractivity contribution in [1.29, 1.82) is 0 Å². The van der Waals surface area contributed by atoms with Gasteiger partial charge in [0.1, 0.15) is 30.4 Å². The fourth-order valence-corrected chi connectivity index (χ4v) is 4.77. The number of carbonyl (C=O) groups excluding carboxylic acids is 1. The second-order valence-corrected chi connectivity index (χ2v) is 9.70. The third-order valence-corrected chi connectivity index (χ3v) is 6.73. The number of benzene rings is 2. The van der Waals surface area contributed by atoms with Crippen LogP contribution < -0.4 is 14.2 Å². The zero-order chi connectivity index (χ0) is 27.0. The van der Waals surface area contributed by atoms with Gasteiger partial charge in [0.05, 0.1) is 20.2 Å². The molecular formula is C29H38N4O5. The van der Waals surface area contributed by atoms with Crippen molar-refractivity contribution >= 4 is 5.91 Å². The molecule has 0 bridgehead atoms. The number of aliphatic hydroxyl groups is 1. The van der Waals surface area contributed by atoms with Crippen molar-refractivity contribution in [3.8, 4) is 17.2 Å². The summed E-state index contributed by atoms with van der Waals surface area (Å²) in [6, 6.07) is 15.3. The molecule has 1 atom stereocenters. The molecule has 1 aliphatic heterocycles. The van der Waals surface area contributed by atoms with Crippen LogP contribution in [0.25, 0.3) is 0 Å². The number of β-amino-alcohol motifs (C(OH)–C–C–N with tert-alkyl or cyclic N) is 1. The van der Waals surface area contributed by atoms with Gasteiger partial charge in [-0.3, -0.25) is 9.69 Å². The monoisotopic (exact) mass is 522 g/mol. The quantitative estimate of drug-likeness (QED) is 0.414. The first kappa shape index (κ1) is 27.5. The highest BCUT2D eigenvalue weighted by Gasteiger charge is 2.37. The Kier molecular flexibility index (Phi) is 9.25. The first-order valence-electron chi connectivity index (χ1n) is 13.1. The molecule has 9 heteroatoms. The van der Waals surface area contributed by atoms with Gasteiger partial charge in [0.15, 0.2) is 11.5 Å². The van der Waals surface area contributed by atoms with E-state index in [1.165, 1.54) is 6.92 Å². The molecule has 0 spiro atoms. The van der Waals surface area contributed by atoms with E-state index in [1.807, 2.05) is 54.7 Å². The normalized spacial score (nSPS) is 18.2. The average molecular weight is 523 g/mol. The predicted molar refractivity (Wildman–Crippen MR) is 145 cm³/mol. The standard InChI is InChI=1S/C29H38N4O5/c1-4-28-30-12-13-32(28)16-17-37-27-18-24(10-11-26(27)36-3)19-31-14-15-33(23(2)34)21-29(35,20-31)22-38-25-8-6-5-7-9-25/h5-13,18,35H,4,14-17,19-22H2,1-3H3/t29-/m0/s1. The predicted octanol–water partition coefficient (Wildman–Crippen LogP) is 3.01. The summed E-state index contributed by atoms with van der Waals surface area (Å²) in [5.41, 5.74) is -0.189. The van der Waals surface area contributed by atoms with E-state index in [9.17, 15) is 9.90 Å². The van der Waals surface area contributed by atoms with Gasteiger partial charge in [0, 0.05) is 51.9 Å². The van der Waals surface area contributed by atoms with Gasteiger partial charge in [-0.1, -0.05) is 31.2 Å². The van der Waals surface area contributed by atoms with Crippen molar-refractivity contribution < 1.29 is 24.1 Å². The Hall–Kier alpha value is -3.56. The SMILES string of the molecule is CCc1nccn1CCOc1cc(CN2CCN(C(C)=O)C[C@](O)(COc3ccccc3)C2)ccc1OC. The maximum Gasteiger partial charge on any atom is 0.219 e. The molecule has 9 nitrogen and oxygen atoms in total. The number of methoxy groups -OCH3 is 1. The first-order valence-corrected chi connectivity index (χ1v) is 13.1. The summed E-state index contributed by atoms with van der Waals surface area (Å²) < 4.78 is 19.7. The first-order chi connectivity index (χ1) is 18.4. The Morgan fingerprint density at radius 3 is 2.63 bits per heavy atom. The molecule has 1 aliphatic rings. The highest BCUT2D eigenvalue weighted by molar-refractivity contribution is 5.73. The van der Waals surface area contributed by atoms with E-state index in [-0.39, 0.29) is 19.1 Å². The molecular weight excluding hydrogens is 484 g/mol. The summed E-state index contributed by atoms with van der Waals surface area (Å²) in [6.07, 6.45) is 4.63. The Labute approximate surface area is 224 Å². The van der Waals surface area contributed by atoms with Crippen molar-refractivity contribution in [2.24, 2.45) is 0 Å². The van der Waals surface area contributed by atoms with Gasteiger partial charge in [-0.2, -0.15) is 0 Å². The van der Waals surface area contributed by atoms with E-state index in [2.05, 4.69) is 21.4 Å². The van der Waals surface area contributed by atoms with E-state index >= 15 is 0 Å². The molecule has 38 heavy (non-hydrogen) atoms. The number of aromatic nitrogens is 2. The van der Waals surface area contributed by atoms with E-state index in [0.29, 0.717) is 56.6 Å². The Bertz CT molecular complexity index is 1180. The number of ether oxygens (including phenoxy) is 3. The molecule has 1 fully saturated rings. The second-order valence-electron chi connectivity index (χ2n) is 9.70. The Balaban J connectivity index is 1.44. The van der Waals surface area contributed by atoms with Gasteiger partial charge in [-0.15, -0.1) is 0 Å². The zero-order valence-corrected chi connectivity index (χ0v) is 22.5. The number of amides is 1. The Morgan fingerprint density at radius 1 is 1.08 bits per heavy atom. The van der Waals surface area contributed by atoms with Crippen LogP contribution in [0.15, 0.2) is 60.9 Å². The van der Waals surface area contributed by atoms with Crippen molar-refractivity contribution in [2.75, 3.05) is 46.5 Å². The molecule has 0 radical (unpaired) electrons. The summed E-state index contributed by atoms with van der Waals surface area (Å²) in [5, 5.41) is 11.6. The molecule has 1 N–H and O–H groups in total. The smallest absolute Gasteiger partial charge is 0.219 e. The fraction of sp³-hybridized carbons (Fsp3) is 0.448. The van der Waals surface area contributed by atoms with Crippen molar-refractivity contribution in [2.45, 2.75) is 39.0 Å². The van der Waals surface area contributed by atoms with Crippen LogP contribution in [0, 0.1) is 0 Å². The molecule has 0 unspecified atom stereocenters. The highest BCUT2D eigenvalue weighted by Crippen LogP contribution is 2.29. The molecule has 1 aromatic heterocycles. The number of nitrogens with zero attached hydrogens (tertiary/aromatic N) is 4. The van der Waals surface area contributed by atoms with Gasteiger partial charge in [-0.25, -0.2) is 4.98 Å². The third-order valence-electron chi connectivity index (χ3n) is 6.73. The van der Waals surface area contributed by atoms with Gasteiger partial charge in [-0.05, 0) is 29.8 Å². The summed E-state index contributed by atoms with van der Waals surface area (Å²) in [5.74, 6) is 2.99.